The van der Waals surface area contributed by atoms with Gasteiger partial charge in [0.25, 0.3) is 0 Å². The lowest BCUT2D eigenvalue weighted by atomic mass is 10.2. The Labute approximate surface area is 115 Å². The Morgan fingerprint density at radius 1 is 1.53 bits per heavy atom. The van der Waals surface area contributed by atoms with Gasteiger partial charge in [0.05, 0.1) is 16.4 Å². The average Bonchev–Trinajstić information content (AvgIpc) is 2.95. The van der Waals surface area contributed by atoms with E-state index in [9.17, 15) is 4.79 Å². The van der Waals surface area contributed by atoms with Gasteiger partial charge in [-0.3, -0.25) is 15.5 Å². The van der Waals surface area contributed by atoms with E-state index in [-0.39, 0.29) is 11.3 Å². The molecule has 1 saturated heterocycles. The van der Waals surface area contributed by atoms with E-state index in [1.165, 1.54) is 0 Å². The third-order valence-electron chi connectivity index (χ3n) is 3.22. The molecule has 0 aliphatic carbocycles. The number of para-hydroxylation sites is 2. The molecule has 7 heteroatoms. The Bertz CT molecular complexity index is 626. The first kappa shape index (κ1) is 12.4. The number of carbonyl (C=O) groups excluding carboxylic acids is 1. The summed E-state index contributed by atoms with van der Waals surface area (Å²) in [6, 6.07) is 7.26. The number of aryl methyl sites for hydroxylation is 1. The topological polar surface area (TPSA) is 71.0 Å². The fourth-order valence-corrected chi connectivity index (χ4v) is 2.40. The molecule has 0 saturated carbocycles. The van der Waals surface area contributed by atoms with Crippen LogP contribution in [0.1, 0.15) is 0 Å². The third-order valence-corrected chi connectivity index (χ3v) is 3.63. The van der Waals surface area contributed by atoms with Gasteiger partial charge in [-0.2, -0.15) is 0 Å². The Balaban J connectivity index is 1.85. The smallest absolute Gasteiger partial charge is 0.246 e. The molecule has 6 nitrogen and oxygen atoms in total. The monoisotopic (exact) mass is 279 g/mol. The molecule has 1 amide bonds. The molecular formula is C12H14ClN5O. The lowest BCUT2D eigenvalue weighted by molar-refractivity contribution is -0.117. The van der Waals surface area contributed by atoms with Gasteiger partial charge < -0.3 is 4.57 Å². The van der Waals surface area contributed by atoms with E-state index in [1.807, 2.05) is 35.9 Å². The molecule has 0 spiro atoms. The lowest BCUT2D eigenvalue weighted by Gasteiger charge is -2.12. The molecule has 1 aliphatic heterocycles. The number of benzene rings is 1. The van der Waals surface area contributed by atoms with Crippen molar-refractivity contribution < 1.29 is 4.79 Å². The van der Waals surface area contributed by atoms with Gasteiger partial charge in [-0.1, -0.05) is 12.1 Å². The number of fused-ring (bicyclic) bond motifs is 1. The van der Waals surface area contributed by atoms with Crippen molar-refractivity contribution in [1.29, 1.82) is 0 Å². The van der Waals surface area contributed by atoms with Crippen LogP contribution in [0.2, 0.25) is 0 Å². The van der Waals surface area contributed by atoms with Crippen molar-refractivity contribution in [2.45, 2.75) is 11.4 Å². The minimum Gasteiger partial charge on any atom is -0.313 e. The molecule has 1 aromatic carbocycles. The number of anilines is 1. The van der Waals surface area contributed by atoms with Crippen LogP contribution >= 0.6 is 11.6 Å². The van der Waals surface area contributed by atoms with Crippen molar-refractivity contribution >= 4 is 34.5 Å². The number of nitrogens with zero attached hydrogens (tertiary/aromatic N) is 2. The molecule has 2 heterocycles. The van der Waals surface area contributed by atoms with Crippen LogP contribution in [0.4, 0.5) is 5.95 Å². The quantitative estimate of drug-likeness (QED) is 0.704. The number of carbonyl (C=O) groups is 1. The van der Waals surface area contributed by atoms with Crippen LogP contribution in [0, 0.1) is 0 Å². The number of hydrazine groups is 1. The summed E-state index contributed by atoms with van der Waals surface area (Å²) < 4.78 is 1.85. The zero-order chi connectivity index (χ0) is 13.4. The maximum atomic E-state index is 12.1. The van der Waals surface area contributed by atoms with E-state index in [0.717, 1.165) is 11.0 Å². The molecule has 0 bridgehead atoms. The predicted octanol–water partition coefficient (Wildman–Crippen LogP) is 0.596. The van der Waals surface area contributed by atoms with Crippen molar-refractivity contribution in [3.63, 3.8) is 0 Å². The molecule has 100 valence electrons. The zero-order valence-electron chi connectivity index (χ0n) is 10.4. The number of hydrogen-bond acceptors (Lipinski definition) is 4. The van der Waals surface area contributed by atoms with Gasteiger partial charge in [0, 0.05) is 13.6 Å². The van der Waals surface area contributed by atoms with Gasteiger partial charge >= 0.3 is 0 Å². The summed E-state index contributed by atoms with van der Waals surface area (Å²) in [5.41, 5.74) is 7.53. The number of imidazole rings is 1. The number of rotatable bonds is 2. The molecule has 2 aromatic rings. The average molecular weight is 280 g/mol. The van der Waals surface area contributed by atoms with Crippen molar-refractivity contribution in [1.82, 2.24) is 20.4 Å². The highest BCUT2D eigenvalue weighted by Gasteiger charge is 2.31. The maximum absolute atomic E-state index is 12.1. The molecule has 1 fully saturated rings. The minimum atomic E-state index is -0.457. The van der Waals surface area contributed by atoms with Crippen molar-refractivity contribution in [3.05, 3.63) is 24.3 Å². The molecule has 1 aliphatic rings. The number of nitrogens with one attached hydrogen (secondary N) is 3. The number of aromatic nitrogens is 2. The molecule has 3 N–H and O–H groups in total. The van der Waals surface area contributed by atoms with Crippen molar-refractivity contribution in [3.8, 4) is 0 Å². The summed E-state index contributed by atoms with van der Waals surface area (Å²) in [6.45, 7) is 0.558. The number of amides is 1. The summed E-state index contributed by atoms with van der Waals surface area (Å²) >= 11 is 6.04. The van der Waals surface area contributed by atoms with Crippen molar-refractivity contribution in [2.75, 3.05) is 11.9 Å². The third kappa shape index (κ3) is 2.18. The highest BCUT2D eigenvalue weighted by atomic mass is 35.5. The normalized spacial score (nSPS) is 22.8. The Morgan fingerprint density at radius 2 is 2.32 bits per heavy atom. The second kappa shape index (κ2) is 4.80. The van der Waals surface area contributed by atoms with E-state index in [1.54, 1.807) is 0 Å². The highest BCUT2D eigenvalue weighted by molar-refractivity contribution is 6.23. The zero-order valence-corrected chi connectivity index (χ0v) is 11.1. The molecule has 1 aromatic heterocycles. The van der Waals surface area contributed by atoms with Crippen LogP contribution in [-0.2, 0) is 11.8 Å². The number of hydrogen-bond donors (Lipinski definition) is 3. The van der Waals surface area contributed by atoms with Gasteiger partial charge in [-0.25, -0.2) is 10.4 Å². The van der Waals surface area contributed by atoms with Crippen molar-refractivity contribution in [2.24, 2.45) is 7.05 Å². The summed E-state index contributed by atoms with van der Waals surface area (Å²) in [5, 5.41) is 2.53. The van der Waals surface area contributed by atoms with Crippen LogP contribution in [0.15, 0.2) is 24.3 Å². The van der Waals surface area contributed by atoms with E-state index < -0.39 is 6.04 Å². The summed E-state index contributed by atoms with van der Waals surface area (Å²) in [7, 11) is 1.86. The van der Waals surface area contributed by atoms with Gasteiger partial charge in [0.1, 0.15) is 6.04 Å². The SMILES string of the molecule is Cn1c(NC(=O)C2NNCC2Cl)nc2ccccc21. The maximum Gasteiger partial charge on any atom is 0.246 e. The molecule has 0 radical (unpaired) electrons. The van der Waals surface area contributed by atoms with Crippen LogP contribution in [-0.4, -0.2) is 33.4 Å². The van der Waals surface area contributed by atoms with Crippen LogP contribution in [0.25, 0.3) is 11.0 Å². The first-order valence-corrected chi connectivity index (χ1v) is 6.45. The molecular weight excluding hydrogens is 266 g/mol. The first-order chi connectivity index (χ1) is 9.16. The predicted molar refractivity (Wildman–Crippen MR) is 73.9 cm³/mol. The summed E-state index contributed by atoms with van der Waals surface area (Å²) in [5.74, 6) is 0.326. The Hall–Kier alpha value is -1.63. The van der Waals surface area contributed by atoms with E-state index in [0.29, 0.717) is 12.5 Å². The molecule has 3 rings (SSSR count). The molecule has 2 atom stereocenters. The van der Waals surface area contributed by atoms with E-state index >= 15 is 0 Å². The first-order valence-electron chi connectivity index (χ1n) is 6.01. The number of alkyl halides is 1. The summed E-state index contributed by atoms with van der Waals surface area (Å²) in [4.78, 5) is 16.5. The fraction of sp³-hybridized carbons (Fsp3) is 0.333. The second-order valence-electron chi connectivity index (χ2n) is 4.49. The van der Waals surface area contributed by atoms with Crippen LogP contribution < -0.4 is 16.2 Å². The van der Waals surface area contributed by atoms with Crippen LogP contribution in [0.5, 0.6) is 0 Å². The van der Waals surface area contributed by atoms with Gasteiger partial charge in [-0.05, 0) is 12.1 Å². The van der Waals surface area contributed by atoms with Gasteiger partial charge in [0.2, 0.25) is 11.9 Å². The van der Waals surface area contributed by atoms with Gasteiger partial charge in [0.15, 0.2) is 0 Å². The number of halogens is 1. The lowest BCUT2D eigenvalue weighted by Crippen LogP contribution is -2.43. The minimum absolute atomic E-state index is 0.191. The molecule has 2 unspecified atom stereocenters. The van der Waals surface area contributed by atoms with E-state index in [4.69, 9.17) is 11.6 Å². The van der Waals surface area contributed by atoms with Crippen LogP contribution in [0.3, 0.4) is 0 Å². The van der Waals surface area contributed by atoms with Gasteiger partial charge in [-0.15, -0.1) is 11.6 Å². The highest BCUT2D eigenvalue weighted by Crippen LogP contribution is 2.18. The largest absolute Gasteiger partial charge is 0.313 e. The summed E-state index contributed by atoms with van der Waals surface area (Å²) in [6.07, 6.45) is 0. The fourth-order valence-electron chi connectivity index (χ4n) is 2.15. The Morgan fingerprint density at radius 3 is 3.00 bits per heavy atom. The van der Waals surface area contributed by atoms with E-state index in [2.05, 4.69) is 21.2 Å². The Kier molecular flexibility index (Phi) is 3.14. The second-order valence-corrected chi connectivity index (χ2v) is 5.05. The molecule has 19 heavy (non-hydrogen) atoms. The standard InChI is InChI=1S/C12H14ClN5O/c1-18-9-5-3-2-4-8(9)15-12(18)16-11(19)10-7(13)6-14-17-10/h2-5,7,10,14,17H,6H2,1H3,(H,15,16,19).